The van der Waals surface area contributed by atoms with Crippen molar-refractivity contribution >= 4 is 5.91 Å². The SMILES string of the molecule is O=C(NC(CF)C(O)c1ccc(-c2ccc(CN3CCCC4(COC4)C3)nc2)cc1)C(F)F. The highest BCUT2D eigenvalue weighted by Crippen LogP contribution is 2.37. The fourth-order valence-electron chi connectivity index (χ4n) is 4.54. The van der Waals surface area contributed by atoms with Crippen LogP contribution >= 0.6 is 0 Å². The monoisotopic (exact) mass is 463 g/mol. The third-order valence-corrected chi connectivity index (χ3v) is 6.43. The summed E-state index contributed by atoms with van der Waals surface area (Å²) in [6.07, 6.45) is -0.520. The molecule has 0 radical (unpaired) electrons. The van der Waals surface area contributed by atoms with Gasteiger partial charge in [-0.3, -0.25) is 14.7 Å². The molecule has 2 atom stereocenters. The summed E-state index contributed by atoms with van der Waals surface area (Å²) in [5, 5.41) is 12.1. The number of aliphatic hydroxyl groups is 1. The van der Waals surface area contributed by atoms with Crippen LogP contribution in [0.4, 0.5) is 13.2 Å². The lowest BCUT2D eigenvalue weighted by Crippen LogP contribution is -2.53. The van der Waals surface area contributed by atoms with E-state index in [9.17, 15) is 23.1 Å². The Morgan fingerprint density at radius 2 is 1.91 bits per heavy atom. The molecule has 6 nitrogen and oxygen atoms in total. The normalized spacial score (nSPS) is 19.8. The number of carbonyl (C=O) groups is 1. The molecule has 2 unspecified atom stereocenters. The number of rotatable bonds is 8. The minimum atomic E-state index is -3.27. The molecule has 1 aromatic heterocycles. The number of ether oxygens (including phenoxy) is 1. The third-order valence-electron chi connectivity index (χ3n) is 6.43. The molecular formula is C24H28F3N3O3. The Bertz CT molecular complexity index is 936. The molecule has 33 heavy (non-hydrogen) atoms. The molecule has 2 aromatic rings. The summed E-state index contributed by atoms with van der Waals surface area (Å²) in [7, 11) is 0. The van der Waals surface area contributed by atoms with Gasteiger partial charge in [-0.1, -0.05) is 30.3 Å². The van der Waals surface area contributed by atoms with Gasteiger partial charge in [-0.15, -0.1) is 0 Å². The Kier molecular flexibility index (Phi) is 7.31. The van der Waals surface area contributed by atoms with E-state index in [-0.39, 0.29) is 0 Å². The maximum atomic E-state index is 13.2. The number of aliphatic hydroxyl groups excluding tert-OH is 1. The van der Waals surface area contributed by atoms with Crippen LogP contribution in [0, 0.1) is 5.41 Å². The first kappa shape index (κ1) is 23.7. The lowest BCUT2D eigenvalue weighted by molar-refractivity contribution is -0.145. The van der Waals surface area contributed by atoms with E-state index in [2.05, 4.69) is 9.88 Å². The number of aromatic nitrogens is 1. The molecule has 1 aromatic carbocycles. The number of halogens is 3. The first-order chi connectivity index (χ1) is 15.9. The van der Waals surface area contributed by atoms with Crippen LogP contribution in [-0.4, -0.2) is 66.3 Å². The van der Waals surface area contributed by atoms with Crippen LogP contribution in [0.3, 0.4) is 0 Å². The number of nitrogens with zero attached hydrogens (tertiary/aromatic N) is 2. The van der Waals surface area contributed by atoms with Gasteiger partial charge in [-0.25, -0.2) is 4.39 Å². The number of carbonyl (C=O) groups excluding carboxylic acids is 1. The number of hydrogen-bond donors (Lipinski definition) is 2. The van der Waals surface area contributed by atoms with Crippen molar-refractivity contribution in [3.8, 4) is 11.1 Å². The molecule has 1 spiro atoms. The van der Waals surface area contributed by atoms with Crippen LogP contribution in [0.5, 0.6) is 0 Å². The molecule has 4 rings (SSSR count). The second-order valence-electron chi connectivity index (χ2n) is 8.98. The maximum Gasteiger partial charge on any atom is 0.315 e. The van der Waals surface area contributed by atoms with E-state index in [0.717, 1.165) is 49.7 Å². The van der Waals surface area contributed by atoms with Gasteiger partial charge in [0, 0.05) is 30.3 Å². The van der Waals surface area contributed by atoms with Gasteiger partial charge in [-0.05, 0) is 36.6 Å². The van der Waals surface area contributed by atoms with Gasteiger partial charge < -0.3 is 15.2 Å². The fourth-order valence-corrected chi connectivity index (χ4v) is 4.54. The molecule has 0 aliphatic carbocycles. The molecule has 178 valence electrons. The number of nitrogens with one attached hydrogen (secondary N) is 1. The maximum absolute atomic E-state index is 13.2. The van der Waals surface area contributed by atoms with Crippen LogP contribution in [-0.2, 0) is 16.1 Å². The second-order valence-corrected chi connectivity index (χ2v) is 8.98. The van der Waals surface area contributed by atoms with Crippen molar-refractivity contribution in [1.82, 2.24) is 15.2 Å². The summed E-state index contributed by atoms with van der Waals surface area (Å²) in [5.74, 6) is -1.61. The number of benzene rings is 1. The number of likely N-dealkylation sites (tertiary alicyclic amines) is 1. The van der Waals surface area contributed by atoms with Gasteiger partial charge in [0.15, 0.2) is 0 Å². The number of alkyl halides is 3. The average Bonchev–Trinajstić information content (AvgIpc) is 2.81. The topological polar surface area (TPSA) is 74.7 Å². The van der Waals surface area contributed by atoms with Gasteiger partial charge in [0.05, 0.1) is 24.9 Å². The fraction of sp³-hybridized carbons (Fsp3) is 0.500. The third kappa shape index (κ3) is 5.54. The van der Waals surface area contributed by atoms with Crippen molar-refractivity contribution < 1.29 is 27.8 Å². The van der Waals surface area contributed by atoms with E-state index in [1.54, 1.807) is 30.5 Å². The van der Waals surface area contributed by atoms with Gasteiger partial charge in [0.2, 0.25) is 0 Å². The molecule has 2 aliphatic heterocycles. The Morgan fingerprint density at radius 3 is 2.48 bits per heavy atom. The summed E-state index contributed by atoms with van der Waals surface area (Å²) < 4.78 is 43.4. The highest BCUT2D eigenvalue weighted by atomic mass is 19.3. The Hall–Kier alpha value is -2.49. The predicted octanol–water partition coefficient (Wildman–Crippen LogP) is 3.11. The number of piperidine rings is 1. The number of hydrogen-bond acceptors (Lipinski definition) is 5. The van der Waals surface area contributed by atoms with E-state index in [4.69, 9.17) is 4.74 Å². The Morgan fingerprint density at radius 1 is 1.18 bits per heavy atom. The van der Waals surface area contributed by atoms with Gasteiger partial charge in [-0.2, -0.15) is 8.78 Å². The minimum Gasteiger partial charge on any atom is -0.386 e. The van der Waals surface area contributed by atoms with Crippen LogP contribution in [0.15, 0.2) is 42.6 Å². The summed E-state index contributed by atoms with van der Waals surface area (Å²) in [6.45, 7) is 3.43. The second kappa shape index (κ2) is 10.2. The summed E-state index contributed by atoms with van der Waals surface area (Å²) >= 11 is 0. The predicted molar refractivity (Wildman–Crippen MR) is 116 cm³/mol. The molecule has 2 aliphatic rings. The van der Waals surface area contributed by atoms with E-state index in [1.807, 2.05) is 17.4 Å². The van der Waals surface area contributed by atoms with Crippen LogP contribution in [0.25, 0.3) is 11.1 Å². The molecule has 2 N–H and O–H groups in total. The number of amides is 1. The Balaban J connectivity index is 1.37. The van der Waals surface area contributed by atoms with Gasteiger partial charge in [0.1, 0.15) is 12.8 Å². The van der Waals surface area contributed by atoms with Gasteiger partial charge in [0.25, 0.3) is 5.91 Å². The molecule has 2 saturated heterocycles. The molecule has 9 heteroatoms. The molecule has 0 saturated carbocycles. The zero-order valence-electron chi connectivity index (χ0n) is 18.2. The zero-order chi connectivity index (χ0) is 23.4. The van der Waals surface area contributed by atoms with E-state index in [0.29, 0.717) is 11.0 Å². The quantitative estimate of drug-likeness (QED) is 0.629. The molecule has 2 fully saturated rings. The van der Waals surface area contributed by atoms with Crippen LogP contribution in [0.1, 0.15) is 30.2 Å². The first-order valence-electron chi connectivity index (χ1n) is 11.1. The first-order valence-corrected chi connectivity index (χ1v) is 11.1. The van der Waals surface area contributed by atoms with E-state index in [1.165, 1.54) is 12.8 Å². The lowest BCUT2D eigenvalue weighted by Gasteiger charge is -2.48. The van der Waals surface area contributed by atoms with Crippen molar-refractivity contribution in [2.45, 2.75) is 38.0 Å². The standard InChI is InChI=1S/C24H28F3N3O3/c25-10-20(29-23(32)22(26)27)21(31)17-4-2-16(3-5-17)18-6-7-19(28-11-18)12-30-9-1-8-24(13-30)14-33-15-24/h2-7,11,20-22,31H,1,8-10,12-15H2,(H,29,32). The van der Waals surface area contributed by atoms with Crippen molar-refractivity contribution in [2.24, 2.45) is 5.41 Å². The average molecular weight is 464 g/mol. The molecule has 3 heterocycles. The molecule has 0 bridgehead atoms. The summed E-state index contributed by atoms with van der Waals surface area (Å²) in [6, 6.07) is 9.18. The van der Waals surface area contributed by atoms with Crippen molar-refractivity contribution in [2.75, 3.05) is 33.0 Å². The van der Waals surface area contributed by atoms with Gasteiger partial charge >= 0.3 is 6.43 Å². The van der Waals surface area contributed by atoms with E-state index >= 15 is 0 Å². The van der Waals surface area contributed by atoms with Crippen molar-refractivity contribution in [3.05, 3.63) is 53.9 Å². The zero-order valence-corrected chi connectivity index (χ0v) is 18.2. The van der Waals surface area contributed by atoms with Crippen molar-refractivity contribution in [1.29, 1.82) is 0 Å². The number of pyridine rings is 1. The van der Waals surface area contributed by atoms with E-state index < -0.39 is 31.2 Å². The van der Waals surface area contributed by atoms with Crippen LogP contribution in [0.2, 0.25) is 0 Å². The van der Waals surface area contributed by atoms with Crippen LogP contribution < -0.4 is 5.32 Å². The smallest absolute Gasteiger partial charge is 0.315 e. The largest absolute Gasteiger partial charge is 0.386 e. The summed E-state index contributed by atoms with van der Waals surface area (Å²) in [4.78, 5) is 18.2. The van der Waals surface area contributed by atoms with Crippen molar-refractivity contribution in [3.63, 3.8) is 0 Å². The molecule has 1 amide bonds. The summed E-state index contributed by atoms with van der Waals surface area (Å²) in [5.41, 5.74) is 3.37. The lowest BCUT2D eigenvalue weighted by atomic mass is 9.78. The molecular weight excluding hydrogens is 435 g/mol. The highest BCUT2D eigenvalue weighted by Gasteiger charge is 2.41. The highest BCUT2D eigenvalue weighted by molar-refractivity contribution is 5.79. The minimum absolute atomic E-state index is 0.319. The Labute approximate surface area is 190 Å².